The average Bonchev–Trinajstić information content (AvgIpc) is 2.50. The fourth-order valence-electron chi connectivity index (χ4n) is 2.42. The van der Waals surface area contributed by atoms with E-state index in [1.54, 1.807) is 24.3 Å². The van der Waals surface area contributed by atoms with Crippen molar-refractivity contribution in [1.29, 1.82) is 0 Å². The maximum atomic E-state index is 12.5. The predicted octanol–water partition coefficient (Wildman–Crippen LogP) is 2.52. The Balaban J connectivity index is 2.06. The van der Waals surface area contributed by atoms with Crippen LogP contribution in [0.25, 0.3) is 0 Å². The summed E-state index contributed by atoms with van der Waals surface area (Å²) >= 11 is 0. The van der Waals surface area contributed by atoms with E-state index < -0.39 is 0 Å². The predicted molar refractivity (Wildman–Crippen MR) is 76.5 cm³/mol. The zero-order chi connectivity index (χ0) is 14.1. The highest BCUT2D eigenvalue weighted by atomic mass is 16.1. The highest BCUT2D eigenvalue weighted by Gasteiger charge is 2.30. The van der Waals surface area contributed by atoms with Gasteiger partial charge in [-0.05, 0) is 5.56 Å². The Kier molecular flexibility index (Phi) is 2.95. The molecule has 0 amide bonds. The molecular weight excluding hydrogens is 250 g/mol. The largest absolute Gasteiger partial charge is 0.395 e. The van der Waals surface area contributed by atoms with E-state index in [4.69, 9.17) is 5.73 Å². The molecule has 0 unspecified atom stereocenters. The molecule has 0 aromatic heterocycles. The van der Waals surface area contributed by atoms with Crippen molar-refractivity contribution >= 4 is 11.6 Å². The number of nitrogens with two attached hydrogens (primary N) is 1. The first-order valence-electron chi connectivity index (χ1n) is 6.39. The van der Waals surface area contributed by atoms with E-state index >= 15 is 0 Å². The second kappa shape index (κ2) is 4.78. The molecule has 0 aliphatic heterocycles. The second-order valence-corrected chi connectivity index (χ2v) is 4.76. The lowest BCUT2D eigenvalue weighted by Crippen LogP contribution is -2.27. The third kappa shape index (κ3) is 1.93. The van der Waals surface area contributed by atoms with Crippen LogP contribution in [-0.4, -0.2) is 11.6 Å². The number of benzene rings is 2. The minimum Gasteiger partial charge on any atom is -0.395 e. The Hall–Kier alpha value is -2.68. The highest BCUT2D eigenvalue weighted by Crippen LogP contribution is 2.26. The summed E-state index contributed by atoms with van der Waals surface area (Å²) in [6, 6.07) is 16.3. The van der Waals surface area contributed by atoms with Crippen molar-refractivity contribution < 1.29 is 9.59 Å². The molecule has 1 aliphatic rings. The number of Topliss-reactive ketones (excluding diaryl/α,β-unsaturated/α-hetero) is 2. The van der Waals surface area contributed by atoms with Crippen LogP contribution in [0.4, 0.5) is 0 Å². The number of hydrogen-bond donors (Lipinski definition) is 1. The van der Waals surface area contributed by atoms with Crippen LogP contribution in [0, 0.1) is 0 Å². The molecule has 0 spiro atoms. The van der Waals surface area contributed by atoms with Crippen LogP contribution < -0.4 is 5.73 Å². The summed E-state index contributed by atoms with van der Waals surface area (Å²) in [7, 11) is 0. The van der Waals surface area contributed by atoms with E-state index in [1.165, 1.54) is 0 Å². The second-order valence-electron chi connectivity index (χ2n) is 4.76. The minimum atomic E-state index is -0.258. The Morgan fingerprint density at radius 1 is 0.750 bits per heavy atom. The number of fused-ring (bicyclic) bond motifs is 1. The van der Waals surface area contributed by atoms with E-state index in [1.807, 2.05) is 30.3 Å². The van der Waals surface area contributed by atoms with Crippen LogP contribution in [0.5, 0.6) is 0 Å². The molecule has 0 bridgehead atoms. The van der Waals surface area contributed by atoms with Gasteiger partial charge in [0.05, 0.1) is 5.70 Å². The minimum absolute atomic E-state index is 0.0672. The zero-order valence-corrected chi connectivity index (χ0v) is 10.8. The van der Waals surface area contributed by atoms with Crippen LogP contribution >= 0.6 is 0 Å². The Bertz CT molecular complexity index is 730. The summed E-state index contributed by atoms with van der Waals surface area (Å²) in [4.78, 5) is 24.7. The maximum absolute atomic E-state index is 12.5. The van der Waals surface area contributed by atoms with E-state index in [-0.39, 0.29) is 17.3 Å². The Morgan fingerprint density at radius 2 is 1.30 bits per heavy atom. The molecular formula is C17H13NO2. The average molecular weight is 263 g/mol. The van der Waals surface area contributed by atoms with Gasteiger partial charge in [-0.3, -0.25) is 9.59 Å². The van der Waals surface area contributed by atoms with Crippen LogP contribution in [-0.2, 0) is 6.42 Å². The summed E-state index contributed by atoms with van der Waals surface area (Å²) in [5, 5.41) is 0. The van der Waals surface area contributed by atoms with Crippen LogP contribution in [0.15, 0.2) is 65.9 Å². The Labute approximate surface area is 116 Å². The van der Waals surface area contributed by atoms with Crippen LogP contribution in [0.2, 0.25) is 0 Å². The fourth-order valence-corrected chi connectivity index (χ4v) is 2.42. The van der Waals surface area contributed by atoms with Gasteiger partial charge in [-0.2, -0.15) is 0 Å². The number of carbonyl (C=O) groups excluding carboxylic acids is 2. The molecule has 2 N–H and O–H groups in total. The zero-order valence-electron chi connectivity index (χ0n) is 10.8. The molecule has 2 aromatic rings. The van der Waals surface area contributed by atoms with Crippen molar-refractivity contribution in [2.75, 3.05) is 0 Å². The van der Waals surface area contributed by atoms with Gasteiger partial charge in [0.1, 0.15) is 0 Å². The van der Waals surface area contributed by atoms with Gasteiger partial charge in [0, 0.05) is 23.1 Å². The third-order valence-electron chi connectivity index (χ3n) is 3.48. The van der Waals surface area contributed by atoms with Gasteiger partial charge in [-0.25, -0.2) is 0 Å². The molecule has 3 heteroatoms. The van der Waals surface area contributed by atoms with Gasteiger partial charge in [0.2, 0.25) is 5.78 Å². The molecule has 3 nitrogen and oxygen atoms in total. The summed E-state index contributed by atoms with van der Waals surface area (Å²) in [5.74, 6) is -0.410. The first kappa shape index (κ1) is 12.4. The number of rotatable bonds is 2. The first-order chi connectivity index (χ1) is 9.68. The summed E-state index contributed by atoms with van der Waals surface area (Å²) < 4.78 is 0. The van der Waals surface area contributed by atoms with E-state index in [0.29, 0.717) is 23.1 Å². The van der Waals surface area contributed by atoms with Gasteiger partial charge in [0.15, 0.2) is 5.78 Å². The third-order valence-corrected chi connectivity index (χ3v) is 3.48. The lowest BCUT2D eigenvalue weighted by atomic mass is 9.85. The van der Waals surface area contributed by atoms with Crippen LogP contribution in [0.1, 0.15) is 26.3 Å². The van der Waals surface area contributed by atoms with Crippen molar-refractivity contribution in [3.63, 3.8) is 0 Å². The van der Waals surface area contributed by atoms with Gasteiger partial charge >= 0.3 is 0 Å². The number of ketones is 2. The molecule has 20 heavy (non-hydrogen) atoms. The lowest BCUT2D eigenvalue weighted by molar-refractivity contribution is 0.0971. The lowest BCUT2D eigenvalue weighted by Gasteiger charge is -2.18. The van der Waals surface area contributed by atoms with Gasteiger partial charge in [0.25, 0.3) is 0 Å². The summed E-state index contributed by atoms with van der Waals surface area (Å²) in [5.41, 5.74) is 8.14. The van der Waals surface area contributed by atoms with Crippen molar-refractivity contribution in [2.45, 2.75) is 6.42 Å². The molecule has 0 radical (unpaired) electrons. The van der Waals surface area contributed by atoms with Crippen molar-refractivity contribution in [1.82, 2.24) is 0 Å². The standard InChI is InChI=1S/C17H13NO2/c18-15-14(10-11-6-2-1-3-7-11)16(19)12-8-4-5-9-13(12)17(15)20/h1-9H,10,18H2. The molecule has 0 fully saturated rings. The molecule has 98 valence electrons. The van der Waals surface area contributed by atoms with E-state index in [0.717, 1.165) is 5.56 Å². The molecule has 3 rings (SSSR count). The first-order valence-corrected chi connectivity index (χ1v) is 6.39. The summed E-state index contributed by atoms with van der Waals surface area (Å²) in [6.45, 7) is 0. The van der Waals surface area contributed by atoms with Gasteiger partial charge in [-0.1, -0.05) is 54.6 Å². The monoisotopic (exact) mass is 263 g/mol. The van der Waals surface area contributed by atoms with E-state index in [2.05, 4.69) is 0 Å². The molecule has 0 saturated heterocycles. The highest BCUT2D eigenvalue weighted by molar-refractivity contribution is 6.26. The number of allylic oxidation sites excluding steroid dienone is 2. The Morgan fingerprint density at radius 3 is 1.95 bits per heavy atom. The summed E-state index contributed by atoms with van der Waals surface area (Å²) in [6.07, 6.45) is 0.381. The SMILES string of the molecule is NC1=C(Cc2ccccc2)C(=O)c2ccccc2C1=O. The van der Waals surface area contributed by atoms with Crippen molar-refractivity contribution in [3.05, 3.63) is 82.6 Å². The van der Waals surface area contributed by atoms with E-state index in [9.17, 15) is 9.59 Å². The quantitative estimate of drug-likeness (QED) is 0.905. The van der Waals surface area contributed by atoms with Gasteiger partial charge in [-0.15, -0.1) is 0 Å². The number of carbonyl (C=O) groups is 2. The molecule has 2 aromatic carbocycles. The van der Waals surface area contributed by atoms with Crippen molar-refractivity contribution in [2.24, 2.45) is 5.73 Å². The van der Waals surface area contributed by atoms with Crippen molar-refractivity contribution in [3.8, 4) is 0 Å². The maximum Gasteiger partial charge on any atom is 0.209 e. The van der Waals surface area contributed by atoms with Gasteiger partial charge < -0.3 is 5.73 Å². The molecule has 0 heterocycles. The molecule has 0 atom stereocenters. The normalized spacial score (nSPS) is 14.4. The molecule has 0 saturated carbocycles. The smallest absolute Gasteiger partial charge is 0.209 e. The topological polar surface area (TPSA) is 60.2 Å². The van der Waals surface area contributed by atoms with Crippen LogP contribution in [0.3, 0.4) is 0 Å². The molecule has 1 aliphatic carbocycles. The number of hydrogen-bond acceptors (Lipinski definition) is 3. The fraction of sp³-hybridized carbons (Fsp3) is 0.0588.